The maximum Gasteiger partial charge on any atom is 0.263 e. The quantitative estimate of drug-likeness (QED) is 0.794. The minimum Gasteiger partial charge on any atom is -0.497 e. The number of hydrogen-bond acceptors (Lipinski definition) is 5. The lowest BCUT2D eigenvalue weighted by Crippen LogP contribution is -2.23. The van der Waals surface area contributed by atoms with Crippen LogP contribution < -0.4 is 15.0 Å². The van der Waals surface area contributed by atoms with Gasteiger partial charge in [0.2, 0.25) is 0 Å². The second-order valence-corrected chi connectivity index (χ2v) is 5.65. The van der Waals surface area contributed by atoms with Crippen LogP contribution in [0.1, 0.15) is 5.56 Å². The predicted octanol–water partition coefficient (Wildman–Crippen LogP) is 1.69. The summed E-state index contributed by atoms with van der Waals surface area (Å²) in [4.78, 5) is 17.4. The molecule has 0 fully saturated rings. The summed E-state index contributed by atoms with van der Waals surface area (Å²) in [6, 6.07) is 11.0. The SMILES string of the molecule is COc1cccc(-n2c(=O)c3c(c4cccnc42)OC(CO)C3)c1. The number of fused-ring (bicyclic) bond motifs is 3. The van der Waals surface area contributed by atoms with E-state index in [2.05, 4.69) is 4.98 Å². The third-order valence-corrected chi connectivity index (χ3v) is 4.21. The average Bonchev–Trinajstić information content (AvgIpc) is 3.07. The van der Waals surface area contributed by atoms with Crippen LogP contribution in [-0.4, -0.2) is 34.5 Å². The zero-order valence-electron chi connectivity index (χ0n) is 13.1. The first-order valence-corrected chi connectivity index (χ1v) is 7.67. The van der Waals surface area contributed by atoms with E-state index in [9.17, 15) is 9.90 Å². The summed E-state index contributed by atoms with van der Waals surface area (Å²) in [5.41, 5.74) is 1.59. The second-order valence-electron chi connectivity index (χ2n) is 5.65. The number of hydrogen-bond donors (Lipinski definition) is 1. The summed E-state index contributed by atoms with van der Waals surface area (Å²) in [6.07, 6.45) is 1.64. The number of aliphatic hydroxyl groups is 1. The van der Waals surface area contributed by atoms with Crippen LogP contribution >= 0.6 is 0 Å². The molecule has 122 valence electrons. The Bertz CT molecular complexity index is 980. The standard InChI is InChI=1S/C18H16N2O4/c1-23-12-5-2-4-11(8-12)20-17-14(6-3-7-19-17)16-15(18(20)22)9-13(10-21)24-16/h2-8,13,21H,9-10H2,1H3. The summed E-state index contributed by atoms with van der Waals surface area (Å²) in [5.74, 6) is 1.19. The highest BCUT2D eigenvalue weighted by molar-refractivity contribution is 5.85. The Kier molecular flexibility index (Phi) is 3.46. The summed E-state index contributed by atoms with van der Waals surface area (Å²) in [6.45, 7) is -0.130. The van der Waals surface area contributed by atoms with Crippen LogP contribution in [0.5, 0.6) is 11.5 Å². The molecule has 6 heteroatoms. The fourth-order valence-corrected chi connectivity index (χ4v) is 3.08. The summed E-state index contributed by atoms with van der Waals surface area (Å²) >= 11 is 0. The van der Waals surface area contributed by atoms with E-state index in [4.69, 9.17) is 9.47 Å². The van der Waals surface area contributed by atoms with Crippen molar-refractivity contribution in [2.75, 3.05) is 13.7 Å². The molecule has 0 saturated carbocycles. The highest BCUT2D eigenvalue weighted by Crippen LogP contribution is 2.34. The van der Waals surface area contributed by atoms with Crippen LogP contribution in [0.15, 0.2) is 47.4 Å². The molecule has 3 heterocycles. The van der Waals surface area contributed by atoms with Gasteiger partial charge in [-0.3, -0.25) is 9.36 Å². The minimum absolute atomic E-state index is 0.130. The normalized spacial score (nSPS) is 16.0. The molecule has 1 aromatic carbocycles. The third kappa shape index (κ3) is 2.15. The van der Waals surface area contributed by atoms with Crippen molar-refractivity contribution in [3.05, 3.63) is 58.5 Å². The first-order valence-electron chi connectivity index (χ1n) is 7.67. The van der Waals surface area contributed by atoms with Gasteiger partial charge in [0.25, 0.3) is 5.56 Å². The van der Waals surface area contributed by atoms with Crippen LogP contribution in [0.4, 0.5) is 0 Å². The fourth-order valence-electron chi connectivity index (χ4n) is 3.08. The smallest absolute Gasteiger partial charge is 0.263 e. The van der Waals surface area contributed by atoms with E-state index in [0.29, 0.717) is 34.8 Å². The molecule has 24 heavy (non-hydrogen) atoms. The van der Waals surface area contributed by atoms with Crippen molar-refractivity contribution in [2.24, 2.45) is 0 Å². The molecule has 0 aliphatic carbocycles. The van der Waals surface area contributed by atoms with Gasteiger partial charge in [0.05, 0.1) is 30.4 Å². The van der Waals surface area contributed by atoms with Gasteiger partial charge in [-0.15, -0.1) is 0 Å². The van der Waals surface area contributed by atoms with Gasteiger partial charge in [-0.1, -0.05) is 6.07 Å². The number of benzene rings is 1. The van der Waals surface area contributed by atoms with Gasteiger partial charge in [-0.2, -0.15) is 0 Å². The van der Waals surface area contributed by atoms with Crippen molar-refractivity contribution in [2.45, 2.75) is 12.5 Å². The van der Waals surface area contributed by atoms with Gasteiger partial charge >= 0.3 is 0 Å². The minimum atomic E-state index is -0.391. The van der Waals surface area contributed by atoms with E-state index in [1.807, 2.05) is 24.3 Å². The van der Waals surface area contributed by atoms with E-state index in [0.717, 1.165) is 5.39 Å². The topological polar surface area (TPSA) is 73.6 Å². The molecule has 0 bridgehead atoms. The Morgan fingerprint density at radius 2 is 2.25 bits per heavy atom. The van der Waals surface area contributed by atoms with Gasteiger partial charge in [-0.25, -0.2) is 4.98 Å². The lowest BCUT2D eigenvalue weighted by atomic mass is 10.1. The van der Waals surface area contributed by atoms with Crippen LogP contribution in [0, 0.1) is 0 Å². The van der Waals surface area contributed by atoms with Gasteiger partial charge in [0.1, 0.15) is 17.6 Å². The Morgan fingerprint density at radius 1 is 1.38 bits per heavy atom. The molecule has 0 saturated heterocycles. The lowest BCUT2D eigenvalue weighted by molar-refractivity contribution is 0.136. The summed E-state index contributed by atoms with van der Waals surface area (Å²) < 4.78 is 12.6. The zero-order chi connectivity index (χ0) is 16.7. The molecule has 0 spiro atoms. The average molecular weight is 324 g/mol. The Morgan fingerprint density at radius 3 is 3.04 bits per heavy atom. The van der Waals surface area contributed by atoms with Crippen molar-refractivity contribution < 1.29 is 14.6 Å². The first kappa shape index (κ1) is 14.7. The summed E-state index contributed by atoms with van der Waals surface area (Å²) in [5, 5.41) is 10.1. The maximum atomic E-state index is 13.1. The zero-order valence-corrected chi connectivity index (χ0v) is 13.1. The second kappa shape index (κ2) is 5.65. The Labute approximate surface area is 137 Å². The number of ether oxygens (including phenoxy) is 2. The van der Waals surface area contributed by atoms with E-state index < -0.39 is 6.10 Å². The summed E-state index contributed by atoms with van der Waals surface area (Å²) in [7, 11) is 1.58. The van der Waals surface area contributed by atoms with Crippen molar-refractivity contribution >= 4 is 11.0 Å². The Hall–Kier alpha value is -2.86. The molecule has 1 atom stereocenters. The third-order valence-electron chi connectivity index (χ3n) is 4.21. The molecule has 1 N–H and O–H groups in total. The monoisotopic (exact) mass is 324 g/mol. The number of methoxy groups -OCH3 is 1. The van der Waals surface area contributed by atoms with Gasteiger partial charge in [-0.05, 0) is 24.3 Å². The van der Waals surface area contributed by atoms with E-state index in [1.54, 1.807) is 30.0 Å². The maximum absolute atomic E-state index is 13.1. The molecule has 6 nitrogen and oxygen atoms in total. The van der Waals surface area contributed by atoms with Crippen LogP contribution in [0.2, 0.25) is 0 Å². The largest absolute Gasteiger partial charge is 0.497 e. The highest BCUT2D eigenvalue weighted by atomic mass is 16.5. The number of aromatic nitrogens is 2. The molecule has 0 radical (unpaired) electrons. The molecule has 0 amide bonds. The van der Waals surface area contributed by atoms with Crippen LogP contribution in [-0.2, 0) is 6.42 Å². The number of rotatable bonds is 3. The number of pyridine rings is 2. The van der Waals surface area contributed by atoms with Crippen molar-refractivity contribution in [1.82, 2.24) is 9.55 Å². The van der Waals surface area contributed by atoms with Gasteiger partial charge in [0, 0.05) is 18.7 Å². The predicted molar refractivity (Wildman–Crippen MR) is 89.1 cm³/mol. The Balaban J connectivity index is 2.05. The molecular weight excluding hydrogens is 308 g/mol. The molecule has 4 rings (SSSR count). The lowest BCUT2D eigenvalue weighted by Gasteiger charge is -2.13. The van der Waals surface area contributed by atoms with Gasteiger partial charge in [0.15, 0.2) is 5.65 Å². The number of aliphatic hydroxyl groups excluding tert-OH is 1. The first-order chi connectivity index (χ1) is 11.7. The van der Waals surface area contributed by atoms with E-state index in [-0.39, 0.29) is 12.2 Å². The molecular formula is C18H16N2O4. The van der Waals surface area contributed by atoms with Crippen molar-refractivity contribution in [3.8, 4) is 17.2 Å². The molecule has 2 aromatic heterocycles. The number of nitrogens with zero attached hydrogens (tertiary/aromatic N) is 2. The van der Waals surface area contributed by atoms with E-state index in [1.165, 1.54) is 0 Å². The van der Waals surface area contributed by atoms with Crippen molar-refractivity contribution in [1.29, 1.82) is 0 Å². The van der Waals surface area contributed by atoms with Crippen LogP contribution in [0.3, 0.4) is 0 Å². The van der Waals surface area contributed by atoms with Gasteiger partial charge < -0.3 is 14.6 Å². The highest BCUT2D eigenvalue weighted by Gasteiger charge is 2.29. The molecule has 1 aliphatic heterocycles. The fraction of sp³-hybridized carbons (Fsp3) is 0.222. The van der Waals surface area contributed by atoms with Crippen LogP contribution in [0.25, 0.3) is 16.7 Å². The van der Waals surface area contributed by atoms with E-state index >= 15 is 0 Å². The van der Waals surface area contributed by atoms with Crippen molar-refractivity contribution in [3.63, 3.8) is 0 Å². The molecule has 1 unspecified atom stereocenters. The molecule has 1 aliphatic rings. The molecule has 3 aromatic rings.